The van der Waals surface area contributed by atoms with Gasteiger partial charge in [-0.2, -0.15) is 5.10 Å². The lowest BCUT2D eigenvalue weighted by molar-refractivity contribution is -0.157. The Morgan fingerprint density at radius 2 is 2.03 bits per heavy atom. The van der Waals surface area contributed by atoms with E-state index in [2.05, 4.69) is 10.1 Å². The maximum absolute atomic E-state index is 14.1. The molecule has 0 bridgehead atoms. The van der Waals surface area contributed by atoms with Gasteiger partial charge >= 0.3 is 0 Å². The van der Waals surface area contributed by atoms with Gasteiger partial charge in [0.25, 0.3) is 5.56 Å². The Morgan fingerprint density at radius 1 is 1.26 bits per heavy atom. The summed E-state index contributed by atoms with van der Waals surface area (Å²) in [6.45, 7) is 6.95. The van der Waals surface area contributed by atoms with E-state index in [-0.39, 0.29) is 35.2 Å². The zero-order valence-electron chi connectivity index (χ0n) is 19.7. The van der Waals surface area contributed by atoms with Crippen molar-refractivity contribution >= 4 is 5.91 Å². The molecule has 180 valence electrons. The van der Waals surface area contributed by atoms with Gasteiger partial charge in [-0.1, -0.05) is 32.9 Å². The number of aromatic nitrogens is 4. The van der Waals surface area contributed by atoms with Gasteiger partial charge in [0.1, 0.15) is 5.82 Å². The number of nitrogens with zero attached hydrogens (tertiary/aromatic N) is 5. The quantitative estimate of drug-likeness (QED) is 0.602. The maximum Gasteiger partial charge on any atom is 0.253 e. The van der Waals surface area contributed by atoms with Crippen molar-refractivity contribution in [2.45, 2.75) is 45.9 Å². The van der Waals surface area contributed by atoms with Crippen LogP contribution in [0, 0.1) is 17.2 Å². The SMILES string of the molecule is CC(Cn1cccn1)C(=O)N1CCC(O)(Cn2cnc(-c3ccccc3F)cc2=O)C(C)(C)C1. The lowest BCUT2D eigenvalue weighted by atomic mass is 9.69. The molecule has 0 spiro atoms. The highest BCUT2D eigenvalue weighted by molar-refractivity contribution is 5.78. The number of aliphatic hydroxyl groups is 1. The molecule has 1 aliphatic heterocycles. The summed E-state index contributed by atoms with van der Waals surface area (Å²) in [4.78, 5) is 31.9. The van der Waals surface area contributed by atoms with E-state index in [1.165, 1.54) is 23.0 Å². The molecule has 2 atom stereocenters. The molecule has 34 heavy (non-hydrogen) atoms. The van der Waals surface area contributed by atoms with Crippen LogP contribution >= 0.6 is 0 Å². The van der Waals surface area contributed by atoms with E-state index >= 15 is 0 Å². The first-order valence-corrected chi connectivity index (χ1v) is 11.4. The fourth-order valence-corrected chi connectivity index (χ4v) is 4.56. The molecule has 0 aliphatic carbocycles. The summed E-state index contributed by atoms with van der Waals surface area (Å²) in [5.41, 5.74) is -1.77. The average Bonchev–Trinajstić information content (AvgIpc) is 3.30. The first-order chi connectivity index (χ1) is 16.1. The highest BCUT2D eigenvalue weighted by Gasteiger charge is 2.49. The van der Waals surface area contributed by atoms with Crippen LogP contribution < -0.4 is 5.56 Å². The van der Waals surface area contributed by atoms with Gasteiger partial charge in [-0.15, -0.1) is 0 Å². The number of hydrogen-bond acceptors (Lipinski definition) is 5. The Morgan fingerprint density at radius 3 is 2.68 bits per heavy atom. The topological polar surface area (TPSA) is 93.2 Å². The molecule has 2 aromatic heterocycles. The van der Waals surface area contributed by atoms with Crippen molar-refractivity contribution in [1.82, 2.24) is 24.2 Å². The standard InChI is InChI=1S/C25H30FN5O3/c1-18(14-31-11-6-10-28-31)23(33)29-12-9-25(34,24(2,3)15-29)16-30-17-27-21(13-22(30)32)19-7-4-5-8-20(19)26/h4-8,10-11,13,17-18,34H,9,12,14-16H2,1-3H3. The average molecular weight is 468 g/mol. The highest BCUT2D eigenvalue weighted by atomic mass is 19.1. The van der Waals surface area contributed by atoms with Crippen molar-refractivity contribution in [1.29, 1.82) is 0 Å². The molecule has 1 N–H and O–H groups in total. The van der Waals surface area contributed by atoms with Gasteiger partial charge in [0.2, 0.25) is 5.91 Å². The van der Waals surface area contributed by atoms with Gasteiger partial charge in [-0.25, -0.2) is 9.37 Å². The molecular formula is C25H30FN5O3. The van der Waals surface area contributed by atoms with Crippen molar-refractivity contribution in [3.8, 4) is 11.3 Å². The Hall–Kier alpha value is -3.33. The van der Waals surface area contributed by atoms with Crippen molar-refractivity contribution in [2.75, 3.05) is 13.1 Å². The third-order valence-electron chi connectivity index (χ3n) is 6.86. The molecule has 1 aromatic carbocycles. The number of carbonyl (C=O) groups is 1. The van der Waals surface area contributed by atoms with Crippen LogP contribution in [-0.4, -0.2) is 53.9 Å². The van der Waals surface area contributed by atoms with Gasteiger partial charge in [-0.3, -0.25) is 18.8 Å². The minimum atomic E-state index is -1.22. The summed E-state index contributed by atoms with van der Waals surface area (Å²) < 4.78 is 17.2. The van der Waals surface area contributed by atoms with Crippen LogP contribution in [0.25, 0.3) is 11.3 Å². The summed E-state index contributed by atoms with van der Waals surface area (Å²) in [5, 5.41) is 15.7. The molecule has 1 aliphatic rings. The van der Waals surface area contributed by atoms with Gasteiger partial charge in [0.15, 0.2) is 0 Å². The van der Waals surface area contributed by atoms with Crippen LogP contribution in [0.1, 0.15) is 27.2 Å². The molecule has 4 rings (SSSR count). The summed E-state index contributed by atoms with van der Waals surface area (Å²) >= 11 is 0. The van der Waals surface area contributed by atoms with E-state index in [1.54, 1.807) is 34.0 Å². The Balaban J connectivity index is 1.47. The van der Waals surface area contributed by atoms with Crippen LogP contribution in [0.5, 0.6) is 0 Å². The summed E-state index contributed by atoms with van der Waals surface area (Å²) in [6, 6.07) is 9.25. The fourth-order valence-electron chi connectivity index (χ4n) is 4.56. The molecule has 1 saturated heterocycles. The Labute approximate surface area is 197 Å². The number of amides is 1. The van der Waals surface area contributed by atoms with Gasteiger partial charge in [-0.05, 0) is 24.6 Å². The molecule has 9 heteroatoms. The largest absolute Gasteiger partial charge is 0.387 e. The van der Waals surface area contributed by atoms with Crippen LogP contribution in [0.4, 0.5) is 4.39 Å². The van der Waals surface area contributed by atoms with Gasteiger partial charge < -0.3 is 10.0 Å². The number of piperidine rings is 1. The van der Waals surface area contributed by atoms with E-state index in [1.807, 2.05) is 33.0 Å². The van der Waals surface area contributed by atoms with Crippen LogP contribution in [0.2, 0.25) is 0 Å². The summed E-state index contributed by atoms with van der Waals surface area (Å²) in [7, 11) is 0. The maximum atomic E-state index is 14.1. The highest BCUT2D eigenvalue weighted by Crippen LogP contribution is 2.40. The van der Waals surface area contributed by atoms with Gasteiger partial charge in [0.05, 0.1) is 36.6 Å². The molecule has 0 saturated carbocycles. The van der Waals surface area contributed by atoms with Crippen LogP contribution in [0.3, 0.4) is 0 Å². The fraction of sp³-hybridized carbons (Fsp3) is 0.440. The summed E-state index contributed by atoms with van der Waals surface area (Å²) in [6.07, 6.45) is 5.18. The third kappa shape index (κ3) is 4.65. The molecule has 2 unspecified atom stereocenters. The van der Waals surface area contributed by atoms with Crippen molar-refractivity contribution < 1.29 is 14.3 Å². The smallest absolute Gasteiger partial charge is 0.253 e. The molecule has 1 fully saturated rings. The van der Waals surface area contributed by atoms with Crippen molar-refractivity contribution in [3.05, 3.63) is 71.3 Å². The molecule has 3 heterocycles. The van der Waals surface area contributed by atoms with E-state index < -0.39 is 16.8 Å². The van der Waals surface area contributed by atoms with Crippen LogP contribution in [0.15, 0.2) is 59.9 Å². The Bertz CT molecular complexity index is 1220. The lowest BCUT2D eigenvalue weighted by Gasteiger charge is -2.50. The lowest BCUT2D eigenvalue weighted by Crippen LogP contribution is -2.61. The first-order valence-electron chi connectivity index (χ1n) is 11.4. The number of rotatable bonds is 6. The second-order valence-corrected chi connectivity index (χ2v) is 9.77. The zero-order valence-corrected chi connectivity index (χ0v) is 19.7. The zero-order chi connectivity index (χ0) is 24.5. The first kappa shape index (κ1) is 23.8. The molecule has 8 nitrogen and oxygen atoms in total. The van der Waals surface area contributed by atoms with Gasteiger partial charge in [0, 0.05) is 42.5 Å². The van der Waals surface area contributed by atoms with E-state index in [9.17, 15) is 19.1 Å². The molecule has 0 radical (unpaired) electrons. The minimum absolute atomic E-state index is 0.0127. The van der Waals surface area contributed by atoms with E-state index in [0.717, 1.165) is 0 Å². The predicted molar refractivity (Wildman–Crippen MR) is 125 cm³/mol. The number of hydrogen-bond donors (Lipinski definition) is 1. The molecule has 1 amide bonds. The number of halogens is 1. The van der Waals surface area contributed by atoms with E-state index in [0.29, 0.717) is 26.1 Å². The number of likely N-dealkylation sites (tertiary alicyclic amines) is 1. The predicted octanol–water partition coefficient (Wildman–Crippen LogP) is 2.57. The summed E-state index contributed by atoms with van der Waals surface area (Å²) in [5.74, 6) is -0.691. The van der Waals surface area contributed by atoms with Crippen LogP contribution in [-0.2, 0) is 17.9 Å². The molecular weight excluding hydrogens is 437 g/mol. The van der Waals surface area contributed by atoms with Crippen molar-refractivity contribution in [2.24, 2.45) is 11.3 Å². The monoisotopic (exact) mass is 467 g/mol. The second-order valence-electron chi connectivity index (χ2n) is 9.77. The second kappa shape index (κ2) is 9.13. The number of carbonyl (C=O) groups excluding carboxylic acids is 1. The third-order valence-corrected chi connectivity index (χ3v) is 6.86. The normalized spacial score (nSPS) is 20.8. The van der Waals surface area contributed by atoms with Crippen molar-refractivity contribution in [3.63, 3.8) is 0 Å². The van der Waals surface area contributed by atoms with E-state index in [4.69, 9.17) is 0 Å². The Kier molecular flexibility index (Phi) is 6.40. The minimum Gasteiger partial charge on any atom is -0.387 e. The molecule has 3 aromatic rings. The number of benzene rings is 1.